The second-order valence-electron chi connectivity index (χ2n) is 8.18. The van der Waals surface area contributed by atoms with Gasteiger partial charge in [0, 0.05) is 37.7 Å². The van der Waals surface area contributed by atoms with E-state index in [0.717, 1.165) is 50.4 Å². The van der Waals surface area contributed by atoms with Crippen molar-refractivity contribution in [1.29, 1.82) is 0 Å². The van der Waals surface area contributed by atoms with Gasteiger partial charge in [0.2, 0.25) is 0 Å². The van der Waals surface area contributed by atoms with E-state index in [1.807, 2.05) is 0 Å². The molecule has 0 spiro atoms. The van der Waals surface area contributed by atoms with E-state index in [4.69, 9.17) is 9.26 Å². The van der Waals surface area contributed by atoms with E-state index in [0.29, 0.717) is 17.5 Å². The third kappa shape index (κ3) is 4.22. The minimum absolute atomic E-state index is 0.116. The second kappa shape index (κ2) is 7.95. The van der Waals surface area contributed by atoms with Crippen molar-refractivity contribution >= 4 is 5.91 Å². The number of carbonyl (C=O) groups is 1. The molecule has 1 saturated carbocycles. The lowest BCUT2D eigenvalue weighted by Gasteiger charge is -2.17. The molecule has 1 aliphatic carbocycles. The number of rotatable bonds is 7. The van der Waals surface area contributed by atoms with Crippen molar-refractivity contribution in [3.05, 3.63) is 46.8 Å². The van der Waals surface area contributed by atoms with Crippen LogP contribution in [0.1, 0.15) is 60.0 Å². The summed E-state index contributed by atoms with van der Waals surface area (Å²) in [6.07, 6.45) is 3.25. The molecule has 4 rings (SSSR count). The summed E-state index contributed by atoms with van der Waals surface area (Å²) in [5.74, 6) is 2.46. The number of aromatic nitrogens is 1. The third-order valence-corrected chi connectivity index (χ3v) is 5.82. The van der Waals surface area contributed by atoms with Gasteiger partial charge in [-0.1, -0.05) is 25.1 Å². The summed E-state index contributed by atoms with van der Waals surface area (Å²) in [6.45, 7) is 6.98. The summed E-state index contributed by atoms with van der Waals surface area (Å²) in [4.78, 5) is 15.0. The van der Waals surface area contributed by atoms with Crippen LogP contribution in [0.3, 0.4) is 0 Å². The van der Waals surface area contributed by atoms with Gasteiger partial charge in [-0.05, 0) is 48.4 Å². The number of nitrogens with one attached hydrogen (secondary N) is 1. The van der Waals surface area contributed by atoms with Crippen molar-refractivity contribution in [3.8, 4) is 5.75 Å². The van der Waals surface area contributed by atoms with Crippen LogP contribution in [0.5, 0.6) is 5.75 Å². The van der Waals surface area contributed by atoms with Gasteiger partial charge in [-0.15, -0.1) is 0 Å². The molecule has 1 saturated heterocycles. The molecule has 28 heavy (non-hydrogen) atoms. The zero-order valence-corrected chi connectivity index (χ0v) is 16.9. The number of hydrogen-bond acceptors (Lipinski definition) is 5. The number of ether oxygens (including phenoxy) is 1. The number of aryl methyl sites for hydroxylation is 1. The van der Waals surface area contributed by atoms with Gasteiger partial charge in [0.25, 0.3) is 5.91 Å². The Kier molecular flexibility index (Phi) is 5.40. The Morgan fingerprint density at radius 3 is 2.75 bits per heavy atom. The number of methoxy groups -OCH3 is 1. The Bertz CT molecular complexity index is 821. The molecule has 6 nitrogen and oxygen atoms in total. The highest BCUT2D eigenvalue weighted by atomic mass is 16.5. The molecular formula is C22H29N3O3. The minimum Gasteiger partial charge on any atom is -0.497 e. The topological polar surface area (TPSA) is 67.6 Å². The molecule has 2 aromatic rings. The van der Waals surface area contributed by atoms with Crippen molar-refractivity contribution in [2.24, 2.45) is 5.92 Å². The zero-order chi connectivity index (χ0) is 19.7. The highest BCUT2D eigenvalue weighted by Gasteiger charge is 2.33. The van der Waals surface area contributed by atoms with Crippen LogP contribution < -0.4 is 10.1 Å². The van der Waals surface area contributed by atoms with Crippen molar-refractivity contribution in [2.45, 2.75) is 51.6 Å². The van der Waals surface area contributed by atoms with E-state index in [-0.39, 0.29) is 11.9 Å². The number of likely N-dealkylation sites (tertiary alicyclic amines) is 1. The van der Waals surface area contributed by atoms with E-state index in [2.05, 4.69) is 47.4 Å². The summed E-state index contributed by atoms with van der Waals surface area (Å²) in [7, 11) is 1.71. The molecule has 2 heterocycles. The van der Waals surface area contributed by atoms with Gasteiger partial charge >= 0.3 is 0 Å². The number of benzene rings is 1. The Hall–Kier alpha value is -2.34. The highest BCUT2D eigenvalue weighted by molar-refractivity contribution is 5.92. The van der Waals surface area contributed by atoms with Crippen molar-refractivity contribution in [1.82, 2.24) is 15.4 Å². The van der Waals surface area contributed by atoms with Crippen LogP contribution in [0.25, 0.3) is 0 Å². The summed E-state index contributed by atoms with van der Waals surface area (Å²) >= 11 is 0. The highest BCUT2D eigenvalue weighted by Crippen LogP contribution is 2.40. The fraction of sp³-hybridized carbons (Fsp3) is 0.545. The minimum atomic E-state index is -0.135. The first-order valence-corrected chi connectivity index (χ1v) is 10.2. The lowest BCUT2D eigenvalue weighted by molar-refractivity contribution is 0.0922. The van der Waals surface area contributed by atoms with Gasteiger partial charge in [0.15, 0.2) is 5.69 Å². The van der Waals surface area contributed by atoms with Crippen LogP contribution in [-0.2, 0) is 13.0 Å². The quantitative estimate of drug-likeness (QED) is 0.794. The largest absolute Gasteiger partial charge is 0.497 e. The van der Waals surface area contributed by atoms with Crippen molar-refractivity contribution in [3.63, 3.8) is 0 Å². The molecule has 1 aromatic carbocycles. The van der Waals surface area contributed by atoms with Crippen LogP contribution in [0.4, 0.5) is 0 Å². The van der Waals surface area contributed by atoms with Crippen LogP contribution in [0, 0.1) is 5.92 Å². The molecule has 2 fully saturated rings. The average Bonchev–Trinajstić information content (AvgIpc) is 3.32. The monoisotopic (exact) mass is 383 g/mol. The molecule has 1 N–H and O–H groups in total. The predicted octanol–water partition coefficient (Wildman–Crippen LogP) is 3.37. The standard InChI is InChI=1S/C22H29N3O3/c1-4-15-7-16(9-18(8-15)27-3)12-25-11-14(2)20(13-25)23-22(26)19-10-21(28-24-19)17-5-6-17/h7-10,14,17,20H,4-6,11-13H2,1-3H3,(H,23,26)/t14-,20+/m0/s1. The summed E-state index contributed by atoms with van der Waals surface area (Å²) in [6, 6.07) is 8.35. The van der Waals surface area contributed by atoms with E-state index in [9.17, 15) is 4.79 Å². The molecule has 150 valence electrons. The lowest BCUT2D eigenvalue weighted by Crippen LogP contribution is -2.40. The maximum Gasteiger partial charge on any atom is 0.273 e. The molecule has 6 heteroatoms. The Labute approximate surface area is 166 Å². The normalized spacial score (nSPS) is 22.4. The number of hydrogen-bond donors (Lipinski definition) is 1. The van der Waals surface area contributed by atoms with E-state index in [1.165, 1.54) is 11.1 Å². The van der Waals surface area contributed by atoms with Gasteiger partial charge in [-0.2, -0.15) is 0 Å². The maximum atomic E-state index is 12.6. The maximum absolute atomic E-state index is 12.6. The first kappa shape index (κ1) is 19.0. The Morgan fingerprint density at radius 2 is 2.04 bits per heavy atom. The summed E-state index contributed by atoms with van der Waals surface area (Å²) in [5.41, 5.74) is 2.93. The van der Waals surface area contributed by atoms with E-state index >= 15 is 0 Å². The molecule has 2 aliphatic rings. The number of carbonyl (C=O) groups excluding carboxylic acids is 1. The van der Waals surface area contributed by atoms with Crippen LogP contribution in [0.2, 0.25) is 0 Å². The average molecular weight is 383 g/mol. The fourth-order valence-electron chi connectivity index (χ4n) is 3.98. The molecule has 1 aromatic heterocycles. The number of nitrogens with zero attached hydrogens (tertiary/aromatic N) is 2. The first-order valence-electron chi connectivity index (χ1n) is 10.2. The Morgan fingerprint density at radius 1 is 1.25 bits per heavy atom. The first-order chi connectivity index (χ1) is 13.6. The second-order valence-corrected chi connectivity index (χ2v) is 8.18. The van der Waals surface area contributed by atoms with Crippen LogP contribution in [-0.4, -0.2) is 42.2 Å². The predicted molar refractivity (Wildman–Crippen MR) is 107 cm³/mol. The molecule has 1 aliphatic heterocycles. The lowest BCUT2D eigenvalue weighted by atomic mass is 10.1. The summed E-state index contributed by atoms with van der Waals surface area (Å²) < 4.78 is 10.7. The third-order valence-electron chi connectivity index (χ3n) is 5.82. The van der Waals surface area contributed by atoms with Gasteiger partial charge in [0.05, 0.1) is 7.11 Å². The van der Waals surface area contributed by atoms with Gasteiger partial charge in [-0.3, -0.25) is 9.69 Å². The zero-order valence-electron chi connectivity index (χ0n) is 16.9. The van der Waals surface area contributed by atoms with Gasteiger partial charge in [-0.25, -0.2) is 0 Å². The smallest absolute Gasteiger partial charge is 0.273 e. The molecule has 2 atom stereocenters. The molecular weight excluding hydrogens is 354 g/mol. The fourth-order valence-corrected chi connectivity index (χ4v) is 3.98. The molecule has 0 radical (unpaired) electrons. The van der Waals surface area contributed by atoms with Crippen molar-refractivity contribution < 1.29 is 14.1 Å². The van der Waals surface area contributed by atoms with E-state index < -0.39 is 0 Å². The van der Waals surface area contributed by atoms with Gasteiger partial charge < -0.3 is 14.6 Å². The van der Waals surface area contributed by atoms with Crippen LogP contribution >= 0.6 is 0 Å². The molecule has 0 unspecified atom stereocenters. The molecule has 0 bridgehead atoms. The Balaban J connectivity index is 1.36. The molecule has 1 amide bonds. The number of amides is 1. The van der Waals surface area contributed by atoms with Crippen LogP contribution in [0.15, 0.2) is 28.8 Å². The van der Waals surface area contributed by atoms with Gasteiger partial charge in [0.1, 0.15) is 11.5 Å². The van der Waals surface area contributed by atoms with E-state index in [1.54, 1.807) is 13.2 Å². The summed E-state index contributed by atoms with van der Waals surface area (Å²) in [5, 5.41) is 7.11. The van der Waals surface area contributed by atoms with Crippen molar-refractivity contribution in [2.75, 3.05) is 20.2 Å². The SMILES string of the molecule is CCc1cc(CN2C[C@H](C)[C@H](NC(=O)c3cc(C4CC4)on3)C2)cc(OC)c1.